The Hall–Kier alpha value is -2.04. The molecule has 3 atom stereocenters. The van der Waals surface area contributed by atoms with Gasteiger partial charge in [0.05, 0.1) is 12.6 Å². The third-order valence-electron chi connectivity index (χ3n) is 5.54. The van der Waals surface area contributed by atoms with Crippen LogP contribution in [0.25, 0.3) is 0 Å². The molecule has 3 rings (SSSR count). The SMILES string of the molecule is C[C@@H]1CCCC[C@H]1NC(=O)NCC(=O)N[C@H]1CCCc2ccccc21. The van der Waals surface area contributed by atoms with Crippen molar-refractivity contribution in [3.63, 3.8) is 0 Å². The van der Waals surface area contributed by atoms with Gasteiger partial charge in [-0.2, -0.15) is 0 Å². The molecule has 0 heterocycles. The van der Waals surface area contributed by atoms with Crippen LogP contribution in [-0.4, -0.2) is 24.5 Å². The molecule has 1 aromatic carbocycles. The van der Waals surface area contributed by atoms with E-state index in [9.17, 15) is 9.59 Å². The fourth-order valence-corrected chi connectivity index (χ4v) is 4.06. The fraction of sp³-hybridized carbons (Fsp3) is 0.600. The minimum atomic E-state index is -0.238. The van der Waals surface area contributed by atoms with Gasteiger partial charge in [0.1, 0.15) is 0 Å². The maximum Gasteiger partial charge on any atom is 0.315 e. The number of amides is 3. The monoisotopic (exact) mass is 343 g/mol. The molecule has 0 bridgehead atoms. The first-order chi connectivity index (χ1) is 12.1. The van der Waals surface area contributed by atoms with E-state index in [1.165, 1.54) is 17.5 Å². The van der Waals surface area contributed by atoms with Crippen LogP contribution >= 0.6 is 0 Å². The summed E-state index contributed by atoms with van der Waals surface area (Å²) < 4.78 is 0. The lowest BCUT2D eigenvalue weighted by Crippen LogP contribution is -2.48. The summed E-state index contributed by atoms with van der Waals surface area (Å²) in [5.41, 5.74) is 2.53. The lowest BCUT2D eigenvalue weighted by molar-refractivity contribution is -0.120. The fourth-order valence-electron chi connectivity index (χ4n) is 4.06. The van der Waals surface area contributed by atoms with Crippen molar-refractivity contribution in [3.8, 4) is 0 Å². The van der Waals surface area contributed by atoms with Crippen molar-refractivity contribution < 1.29 is 9.59 Å². The van der Waals surface area contributed by atoms with Gasteiger partial charge in [-0.25, -0.2) is 4.79 Å². The van der Waals surface area contributed by atoms with E-state index in [1.54, 1.807) is 0 Å². The van der Waals surface area contributed by atoms with Crippen molar-refractivity contribution in [2.45, 2.75) is 64.0 Å². The Labute approximate surface area is 150 Å². The predicted octanol–water partition coefficient (Wildman–Crippen LogP) is 3.06. The van der Waals surface area contributed by atoms with Crippen LogP contribution < -0.4 is 16.0 Å². The second-order valence-corrected chi connectivity index (χ2v) is 7.41. The summed E-state index contributed by atoms with van der Waals surface area (Å²) in [6.45, 7) is 2.20. The van der Waals surface area contributed by atoms with Crippen LogP contribution in [0.4, 0.5) is 4.79 Å². The molecule has 0 aromatic heterocycles. The Morgan fingerprint density at radius 2 is 1.84 bits per heavy atom. The van der Waals surface area contributed by atoms with Crippen LogP contribution in [0, 0.1) is 5.92 Å². The zero-order valence-corrected chi connectivity index (χ0v) is 15.0. The number of carbonyl (C=O) groups excluding carboxylic acids is 2. The van der Waals surface area contributed by atoms with E-state index in [0.717, 1.165) is 38.5 Å². The smallest absolute Gasteiger partial charge is 0.315 e. The molecule has 0 spiro atoms. The van der Waals surface area contributed by atoms with E-state index < -0.39 is 0 Å². The molecule has 1 saturated carbocycles. The zero-order chi connectivity index (χ0) is 17.6. The summed E-state index contributed by atoms with van der Waals surface area (Å²) in [7, 11) is 0. The van der Waals surface area contributed by atoms with Crippen molar-refractivity contribution >= 4 is 11.9 Å². The van der Waals surface area contributed by atoms with Crippen LogP contribution in [0.15, 0.2) is 24.3 Å². The van der Waals surface area contributed by atoms with Crippen LogP contribution in [0.3, 0.4) is 0 Å². The quantitative estimate of drug-likeness (QED) is 0.786. The molecule has 1 fully saturated rings. The Morgan fingerprint density at radius 1 is 1.04 bits per heavy atom. The minimum absolute atomic E-state index is 0.0194. The van der Waals surface area contributed by atoms with Gasteiger partial charge in [-0.15, -0.1) is 0 Å². The van der Waals surface area contributed by atoms with Crippen molar-refractivity contribution in [1.82, 2.24) is 16.0 Å². The molecule has 136 valence electrons. The number of hydrogen-bond donors (Lipinski definition) is 3. The van der Waals surface area contributed by atoms with E-state index in [-0.39, 0.29) is 30.6 Å². The molecule has 3 N–H and O–H groups in total. The Bertz CT molecular complexity index is 617. The number of aryl methyl sites for hydroxylation is 1. The van der Waals surface area contributed by atoms with Crippen LogP contribution in [0.5, 0.6) is 0 Å². The number of nitrogens with one attached hydrogen (secondary N) is 3. The van der Waals surface area contributed by atoms with E-state index >= 15 is 0 Å². The minimum Gasteiger partial charge on any atom is -0.348 e. The van der Waals surface area contributed by atoms with Crippen molar-refractivity contribution in [1.29, 1.82) is 0 Å². The summed E-state index contributed by atoms with van der Waals surface area (Å²) in [5.74, 6) is 0.376. The van der Waals surface area contributed by atoms with Gasteiger partial charge in [-0.05, 0) is 49.1 Å². The first-order valence-corrected chi connectivity index (χ1v) is 9.55. The van der Waals surface area contributed by atoms with Gasteiger partial charge < -0.3 is 16.0 Å². The Morgan fingerprint density at radius 3 is 2.68 bits per heavy atom. The lowest BCUT2D eigenvalue weighted by atomic mass is 9.86. The van der Waals surface area contributed by atoms with E-state index in [2.05, 4.69) is 35.0 Å². The molecule has 5 nitrogen and oxygen atoms in total. The maximum absolute atomic E-state index is 12.2. The second-order valence-electron chi connectivity index (χ2n) is 7.41. The normalized spacial score (nSPS) is 25.6. The Kier molecular flexibility index (Phi) is 5.95. The van der Waals surface area contributed by atoms with E-state index in [1.807, 2.05) is 12.1 Å². The summed E-state index contributed by atoms with van der Waals surface area (Å²) in [4.78, 5) is 24.3. The van der Waals surface area contributed by atoms with Crippen molar-refractivity contribution in [2.75, 3.05) is 6.54 Å². The molecular weight excluding hydrogens is 314 g/mol. The summed E-state index contributed by atoms with van der Waals surface area (Å²) in [6.07, 6.45) is 7.70. The number of hydrogen-bond acceptors (Lipinski definition) is 2. The number of fused-ring (bicyclic) bond motifs is 1. The third kappa shape index (κ3) is 4.74. The zero-order valence-electron chi connectivity index (χ0n) is 15.0. The second kappa shape index (κ2) is 8.37. The molecule has 1 aromatic rings. The van der Waals surface area contributed by atoms with Gasteiger partial charge in [-0.3, -0.25) is 4.79 Å². The summed E-state index contributed by atoms with van der Waals surface area (Å²) >= 11 is 0. The van der Waals surface area contributed by atoms with Crippen LogP contribution in [0.2, 0.25) is 0 Å². The molecule has 0 unspecified atom stereocenters. The highest BCUT2D eigenvalue weighted by Crippen LogP contribution is 2.29. The molecule has 0 saturated heterocycles. The Balaban J connectivity index is 1.45. The van der Waals surface area contributed by atoms with Gasteiger partial charge in [0.25, 0.3) is 0 Å². The van der Waals surface area contributed by atoms with Gasteiger partial charge in [0.2, 0.25) is 5.91 Å². The number of urea groups is 1. The van der Waals surface area contributed by atoms with Crippen LogP contribution in [-0.2, 0) is 11.2 Å². The predicted molar refractivity (Wildman–Crippen MR) is 98.2 cm³/mol. The lowest BCUT2D eigenvalue weighted by Gasteiger charge is -2.29. The molecular formula is C20H29N3O2. The summed E-state index contributed by atoms with van der Waals surface area (Å²) in [5, 5.41) is 8.78. The number of benzene rings is 1. The van der Waals surface area contributed by atoms with Gasteiger partial charge >= 0.3 is 6.03 Å². The highest BCUT2D eigenvalue weighted by Gasteiger charge is 2.24. The third-order valence-corrected chi connectivity index (χ3v) is 5.54. The largest absolute Gasteiger partial charge is 0.348 e. The molecule has 25 heavy (non-hydrogen) atoms. The van der Waals surface area contributed by atoms with E-state index in [4.69, 9.17) is 0 Å². The van der Waals surface area contributed by atoms with Crippen molar-refractivity contribution in [2.24, 2.45) is 5.92 Å². The van der Waals surface area contributed by atoms with Crippen molar-refractivity contribution in [3.05, 3.63) is 35.4 Å². The molecule has 5 heteroatoms. The average molecular weight is 343 g/mol. The summed E-state index contributed by atoms with van der Waals surface area (Å²) in [6, 6.07) is 8.32. The van der Waals surface area contributed by atoms with Gasteiger partial charge in [0.15, 0.2) is 0 Å². The van der Waals surface area contributed by atoms with Gasteiger partial charge in [0, 0.05) is 6.04 Å². The van der Waals surface area contributed by atoms with Gasteiger partial charge in [-0.1, -0.05) is 44.0 Å². The first-order valence-electron chi connectivity index (χ1n) is 9.55. The average Bonchev–Trinajstić information content (AvgIpc) is 2.62. The number of carbonyl (C=O) groups is 2. The molecule has 3 amide bonds. The first kappa shape index (κ1) is 17.8. The van der Waals surface area contributed by atoms with E-state index in [0.29, 0.717) is 5.92 Å². The molecule has 2 aliphatic rings. The molecule has 0 radical (unpaired) electrons. The van der Waals surface area contributed by atoms with Crippen LogP contribution in [0.1, 0.15) is 62.6 Å². The maximum atomic E-state index is 12.2. The number of rotatable bonds is 4. The molecule has 2 aliphatic carbocycles. The highest BCUT2D eigenvalue weighted by molar-refractivity contribution is 5.84. The molecule has 0 aliphatic heterocycles. The topological polar surface area (TPSA) is 70.2 Å². The highest BCUT2D eigenvalue weighted by atomic mass is 16.2. The standard InChI is InChI=1S/C20H29N3O2/c1-14-7-2-5-11-17(14)23-20(25)21-13-19(24)22-18-12-6-9-15-8-3-4-10-16(15)18/h3-4,8,10,14,17-18H,2,5-7,9,11-13H2,1H3,(H,22,24)(H2,21,23,25)/t14-,17-,18+/m1/s1.